The Kier molecular flexibility index (Phi) is 10.0. The summed E-state index contributed by atoms with van der Waals surface area (Å²) >= 11 is 0. The topological polar surface area (TPSA) is 37.4 Å². The minimum Gasteiger partial charge on any atom is -0.207 e. The zero-order valence-electron chi connectivity index (χ0n) is 15.6. The maximum Gasteiger partial charge on any atom is 0.243 e. The highest BCUT2D eigenvalue weighted by Gasteiger charge is 2.23. The first kappa shape index (κ1) is 21.3. The minimum absolute atomic E-state index is 0.375. The van der Waals surface area contributed by atoms with Crippen LogP contribution in [0.2, 0.25) is 0 Å². The van der Waals surface area contributed by atoms with Crippen molar-refractivity contribution >= 4 is 10.0 Å². The van der Waals surface area contributed by atoms with E-state index in [2.05, 4.69) is 23.7 Å². The highest BCUT2D eigenvalue weighted by atomic mass is 32.2. The lowest BCUT2D eigenvalue weighted by Crippen LogP contribution is -2.33. The molecule has 0 atom stereocenters. The quantitative estimate of drug-likeness (QED) is 0.459. The Morgan fingerprint density at radius 1 is 0.840 bits per heavy atom. The number of benzene rings is 1. The molecule has 0 aliphatic rings. The Morgan fingerprint density at radius 2 is 1.32 bits per heavy atom. The summed E-state index contributed by atoms with van der Waals surface area (Å²) in [6.45, 7) is 6.69. The molecular weight excluding hydrogens is 330 g/mol. The fourth-order valence-electron chi connectivity index (χ4n) is 2.46. The van der Waals surface area contributed by atoms with Crippen molar-refractivity contribution in [1.82, 2.24) is 4.31 Å². The number of hydrogen-bond acceptors (Lipinski definition) is 2. The van der Waals surface area contributed by atoms with Gasteiger partial charge in [-0.15, -0.1) is 23.7 Å². The molecule has 1 rings (SSSR count). The molecule has 0 bridgehead atoms. The van der Waals surface area contributed by atoms with Crippen LogP contribution in [-0.4, -0.2) is 25.8 Å². The van der Waals surface area contributed by atoms with Gasteiger partial charge >= 0.3 is 0 Å². The Balaban J connectivity index is 2.76. The van der Waals surface area contributed by atoms with Crippen LogP contribution in [0.1, 0.15) is 57.9 Å². The monoisotopic (exact) mass is 359 g/mol. The number of aryl methyl sites for hydroxylation is 1. The molecule has 0 N–H and O–H groups in total. The predicted molar refractivity (Wildman–Crippen MR) is 105 cm³/mol. The molecule has 0 spiro atoms. The predicted octanol–water partition coefficient (Wildman–Crippen LogP) is 4.37. The second-order valence-electron chi connectivity index (χ2n) is 5.98. The van der Waals surface area contributed by atoms with Crippen molar-refractivity contribution in [2.75, 3.05) is 13.1 Å². The maximum absolute atomic E-state index is 13.0. The molecule has 0 aromatic heterocycles. The van der Waals surface area contributed by atoms with Crippen LogP contribution < -0.4 is 0 Å². The summed E-state index contributed by atoms with van der Waals surface area (Å²) in [6, 6.07) is 7.09. The summed E-state index contributed by atoms with van der Waals surface area (Å²) < 4.78 is 27.5. The Morgan fingerprint density at radius 3 is 1.76 bits per heavy atom. The van der Waals surface area contributed by atoms with Crippen LogP contribution in [0.15, 0.2) is 29.2 Å². The normalized spacial score (nSPS) is 10.7. The van der Waals surface area contributed by atoms with E-state index >= 15 is 0 Å². The second kappa shape index (κ2) is 11.7. The van der Waals surface area contributed by atoms with Gasteiger partial charge in [0.2, 0.25) is 10.0 Å². The van der Waals surface area contributed by atoms with Gasteiger partial charge in [0.1, 0.15) is 0 Å². The first-order valence-electron chi connectivity index (χ1n) is 8.88. The van der Waals surface area contributed by atoms with Crippen molar-refractivity contribution in [1.29, 1.82) is 0 Å². The van der Waals surface area contributed by atoms with Crippen LogP contribution in [0.25, 0.3) is 0 Å². The Labute approximate surface area is 153 Å². The van der Waals surface area contributed by atoms with Gasteiger partial charge in [0, 0.05) is 25.9 Å². The molecule has 0 radical (unpaired) electrons. The largest absolute Gasteiger partial charge is 0.243 e. The fraction of sp³-hybridized carbons (Fsp3) is 0.524. The lowest BCUT2D eigenvalue weighted by molar-refractivity contribution is 0.391. The van der Waals surface area contributed by atoms with E-state index in [1.54, 1.807) is 16.4 Å². The van der Waals surface area contributed by atoms with Gasteiger partial charge < -0.3 is 0 Å². The zero-order valence-corrected chi connectivity index (χ0v) is 16.5. The van der Waals surface area contributed by atoms with Crippen LogP contribution in [0, 0.1) is 30.6 Å². The standard InChI is InChI=1S/C21H29NO2S/c1-4-6-8-10-12-18-22(19-13-11-9-7-5-2)25(23,24)21-16-14-20(3)15-17-21/h14-17H,8-13,18-19H2,1-3H3. The Bertz CT molecular complexity index is 700. The molecular formula is C21H29NO2S. The molecule has 0 aliphatic carbocycles. The molecule has 0 saturated heterocycles. The smallest absolute Gasteiger partial charge is 0.207 e. The number of unbranched alkanes of at least 4 members (excludes halogenated alkanes) is 4. The third-order valence-electron chi connectivity index (χ3n) is 3.93. The SMILES string of the molecule is CC#CCCCCN(CCCCC#CC)S(=O)(=O)c1ccc(C)cc1. The average Bonchev–Trinajstić information content (AvgIpc) is 2.59. The van der Waals surface area contributed by atoms with Gasteiger partial charge in [0.05, 0.1) is 4.90 Å². The number of sulfonamides is 1. The first-order chi connectivity index (χ1) is 12.0. The van der Waals surface area contributed by atoms with Crippen LogP contribution in [0.4, 0.5) is 0 Å². The summed E-state index contributed by atoms with van der Waals surface area (Å²) in [5, 5.41) is 0. The maximum atomic E-state index is 13.0. The van der Waals surface area contributed by atoms with Gasteiger partial charge in [0.15, 0.2) is 0 Å². The highest BCUT2D eigenvalue weighted by Crippen LogP contribution is 2.18. The van der Waals surface area contributed by atoms with Gasteiger partial charge in [0.25, 0.3) is 0 Å². The van der Waals surface area contributed by atoms with Crippen molar-refractivity contribution in [3.8, 4) is 23.7 Å². The van der Waals surface area contributed by atoms with Crippen molar-refractivity contribution < 1.29 is 8.42 Å². The molecule has 4 heteroatoms. The van der Waals surface area contributed by atoms with Crippen LogP contribution in [0.5, 0.6) is 0 Å². The van der Waals surface area contributed by atoms with E-state index in [-0.39, 0.29) is 0 Å². The number of rotatable bonds is 10. The lowest BCUT2D eigenvalue weighted by Gasteiger charge is -2.22. The molecule has 3 nitrogen and oxygen atoms in total. The van der Waals surface area contributed by atoms with Gasteiger partial charge in [-0.25, -0.2) is 8.42 Å². The molecule has 0 unspecified atom stereocenters. The molecule has 1 aromatic carbocycles. The van der Waals surface area contributed by atoms with E-state index in [4.69, 9.17) is 0 Å². The van der Waals surface area contributed by atoms with Crippen LogP contribution in [0.3, 0.4) is 0 Å². The van der Waals surface area contributed by atoms with E-state index in [9.17, 15) is 8.42 Å². The molecule has 25 heavy (non-hydrogen) atoms. The summed E-state index contributed by atoms with van der Waals surface area (Å²) in [5.74, 6) is 11.8. The molecule has 136 valence electrons. The second-order valence-corrected chi connectivity index (χ2v) is 7.92. The lowest BCUT2D eigenvalue weighted by atomic mass is 10.2. The van der Waals surface area contributed by atoms with E-state index in [0.29, 0.717) is 18.0 Å². The summed E-state index contributed by atoms with van der Waals surface area (Å²) in [5.41, 5.74) is 1.06. The fourth-order valence-corrected chi connectivity index (χ4v) is 3.98. The van der Waals surface area contributed by atoms with Gasteiger partial charge in [-0.3, -0.25) is 0 Å². The van der Waals surface area contributed by atoms with Crippen molar-refractivity contribution in [3.63, 3.8) is 0 Å². The highest BCUT2D eigenvalue weighted by molar-refractivity contribution is 7.89. The zero-order chi connectivity index (χ0) is 18.5. The van der Waals surface area contributed by atoms with Crippen molar-refractivity contribution in [2.45, 2.75) is 64.2 Å². The van der Waals surface area contributed by atoms with Gasteiger partial charge in [-0.2, -0.15) is 4.31 Å². The molecule has 0 amide bonds. The van der Waals surface area contributed by atoms with E-state index in [1.807, 2.05) is 32.9 Å². The molecule has 1 aromatic rings. The third-order valence-corrected chi connectivity index (χ3v) is 5.84. The average molecular weight is 360 g/mol. The number of hydrogen-bond donors (Lipinski definition) is 0. The summed E-state index contributed by atoms with van der Waals surface area (Å²) in [4.78, 5) is 0.375. The first-order valence-corrected chi connectivity index (χ1v) is 10.3. The number of nitrogens with zero attached hydrogens (tertiary/aromatic N) is 1. The molecule has 0 aliphatic heterocycles. The summed E-state index contributed by atoms with van der Waals surface area (Å²) in [7, 11) is -3.44. The third kappa shape index (κ3) is 7.78. The Hall–Kier alpha value is -1.75. The molecule has 0 fully saturated rings. The molecule has 0 saturated carbocycles. The molecule has 0 heterocycles. The van der Waals surface area contributed by atoms with Crippen LogP contribution in [-0.2, 0) is 10.0 Å². The summed E-state index contributed by atoms with van der Waals surface area (Å²) in [6.07, 6.45) is 5.13. The minimum atomic E-state index is -3.44. The van der Waals surface area contributed by atoms with E-state index in [1.165, 1.54) is 0 Å². The van der Waals surface area contributed by atoms with Crippen LogP contribution >= 0.6 is 0 Å². The van der Waals surface area contributed by atoms with E-state index in [0.717, 1.165) is 44.1 Å². The van der Waals surface area contributed by atoms with Gasteiger partial charge in [-0.05, 0) is 58.6 Å². The van der Waals surface area contributed by atoms with Crippen molar-refractivity contribution in [2.24, 2.45) is 0 Å². The van der Waals surface area contributed by atoms with Crippen molar-refractivity contribution in [3.05, 3.63) is 29.8 Å². The van der Waals surface area contributed by atoms with E-state index < -0.39 is 10.0 Å². The van der Waals surface area contributed by atoms with Gasteiger partial charge in [-0.1, -0.05) is 17.7 Å².